The maximum absolute atomic E-state index is 12.6. The van der Waals surface area contributed by atoms with Gasteiger partial charge >= 0.3 is 11.9 Å². The molecular formula is C22H29N5O6S2. The summed E-state index contributed by atoms with van der Waals surface area (Å²) < 4.78 is 11.2. The number of carbonyl (C=O) groups excluding carboxylic acids is 3. The van der Waals surface area contributed by atoms with Gasteiger partial charge in [-0.3, -0.25) is 14.4 Å². The lowest BCUT2D eigenvalue weighted by Gasteiger charge is -2.17. The highest BCUT2D eigenvalue weighted by molar-refractivity contribution is 8.02. The summed E-state index contributed by atoms with van der Waals surface area (Å²) in [7, 11) is 0. The van der Waals surface area contributed by atoms with Crippen molar-refractivity contribution >= 4 is 53.3 Å². The molecule has 0 aliphatic rings. The zero-order valence-electron chi connectivity index (χ0n) is 19.5. The summed E-state index contributed by atoms with van der Waals surface area (Å²) in [5.41, 5.74) is 11.3. The van der Waals surface area contributed by atoms with Crippen LogP contribution in [0, 0.1) is 0 Å². The molecule has 0 fully saturated rings. The van der Waals surface area contributed by atoms with Crippen LogP contribution in [0.5, 0.6) is 0 Å². The van der Waals surface area contributed by atoms with Crippen LogP contribution in [0.1, 0.15) is 37.0 Å². The van der Waals surface area contributed by atoms with E-state index in [0.717, 1.165) is 4.90 Å². The number of hydrogen-bond donors (Lipinski definition) is 3. The van der Waals surface area contributed by atoms with Gasteiger partial charge in [0.2, 0.25) is 5.95 Å². The number of esters is 2. The van der Waals surface area contributed by atoms with E-state index in [9.17, 15) is 19.2 Å². The fourth-order valence-corrected chi connectivity index (χ4v) is 4.59. The number of anilines is 2. The van der Waals surface area contributed by atoms with Crippen molar-refractivity contribution in [3.8, 4) is 0 Å². The predicted molar refractivity (Wildman–Crippen MR) is 136 cm³/mol. The zero-order chi connectivity index (χ0) is 25.8. The summed E-state index contributed by atoms with van der Waals surface area (Å²) in [6.45, 7) is 3.75. The molecule has 35 heavy (non-hydrogen) atoms. The molecule has 0 saturated heterocycles. The Morgan fingerprint density at radius 1 is 1.09 bits per heavy atom. The molecule has 0 unspecified atom stereocenters. The molecule has 1 atom stereocenters. The number of aromatic nitrogens is 2. The molecule has 0 bridgehead atoms. The summed E-state index contributed by atoms with van der Waals surface area (Å²) in [4.78, 5) is 53.2. The maximum atomic E-state index is 12.6. The van der Waals surface area contributed by atoms with Crippen molar-refractivity contribution in [2.75, 3.05) is 36.2 Å². The van der Waals surface area contributed by atoms with Gasteiger partial charge in [-0.15, -0.1) is 11.8 Å². The first-order valence-corrected chi connectivity index (χ1v) is 12.8. The van der Waals surface area contributed by atoms with E-state index in [1.807, 2.05) is 0 Å². The van der Waals surface area contributed by atoms with Crippen LogP contribution >= 0.6 is 23.7 Å². The lowest BCUT2D eigenvalue weighted by Crippen LogP contribution is -2.42. The molecular weight excluding hydrogens is 494 g/mol. The Bertz CT molecular complexity index is 1080. The maximum Gasteiger partial charge on any atom is 0.328 e. The van der Waals surface area contributed by atoms with E-state index < -0.39 is 23.9 Å². The van der Waals surface area contributed by atoms with Gasteiger partial charge in [-0.2, -0.15) is 4.98 Å². The van der Waals surface area contributed by atoms with E-state index in [2.05, 4.69) is 10.3 Å². The van der Waals surface area contributed by atoms with E-state index in [4.69, 9.17) is 20.9 Å². The second-order valence-corrected chi connectivity index (χ2v) is 9.20. The second kappa shape index (κ2) is 14.3. The van der Waals surface area contributed by atoms with Gasteiger partial charge in [0.25, 0.3) is 11.5 Å². The molecule has 5 N–H and O–H groups in total. The number of carbonyl (C=O) groups is 3. The van der Waals surface area contributed by atoms with Crippen molar-refractivity contribution in [1.82, 2.24) is 14.3 Å². The smallest absolute Gasteiger partial charge is 0.328 e. The average Bonchev–Trinajstić information content (AvgIpc) is 2.81. The first-order chi connectivity index (χ1) is 16.7. The normalized spacial score (nSPS) is 11.5. The molecule has 0 spiro atoms. The van der Waals surface area contributed by atoms with Gasteiger partial charge in [0.15, 0.2) is 0 Å². The summed E-state index contributed by atoms with van der Waals surface area (Å²) in [5, 5.41) is 2.63. The van der Waals surface area contributed by atoms with Crippen molar-refractivity contribution in [2.24, 2.45) is 0 Å². The van der Waals surface area contributed by atoms with E-state index in [1.165, 1.54) is 33.7 Å². The van der Waals surface area contributed by atoms with Gasteiger partial charge in [-0.05, 0) is 56.5 Å². The van der Waals surface area contributed by atoms with Crippen LogP contribution < -0.4 is 22.3 Å². The first-order valence-electron chi connectivity index (χ1n) is 10.9. The SMILES string of the molecule is CCOC(=O)CC[C@H](NC(=O)c1ccc(SCCSn2c(N)nc(N)cc2=O)cc1)C(=O)OCC. The quantitative estimate of drug-likeness (QED) is 0.198. The fraction of sp³-hybridized carbons (Fsp3) is 0.409. The minimum absolute atomic E-state index is 0.0185. The van der Waals surface area contributed by atoms with Crippen molar-refractivity contribution in [3.63, 3.8) is 0 Å². The number of nitrogens with two attached hydrogens (primary N) is 2. The van der Waals surface area contributed by atoms with Crippen molar-refractivity contribution in [1.29, 1.82) is 0 Å². The number of nitrogens with one attached hydrogen (secondary N) is 1. The average molecular weight is 524 g/mol. The molecule has 2 rings (SSSR count). The lowest BCUT2D eigenvalue weighted by atomic mass is 10.1. The molecule has 2 aromatic rings. The Kier molecular flexibility index (Phi) is 11.4. The molecule has 1 aromatic carbocycles. The highest BCUT2D eigenvalue weighted by atomic mass is 32.2. The number of nitrogen functional groups attached to an aromatic ring is 2. The molecule has 0 radical (unpaired) electrons. The van der Waals surface area contributed by atoms with Crippen LogP contribution in [0.3, 0.4) is 0 Å². The zero-order valence-corrected chi connectivity index (χ0v) is 21.2. The molecule has 0 aliphatic heterocycles. The Hall–Kier alpha value is -3.19. The van der Waals surface area contributed by atoms with Crippen LogP contribution in [-0.2, 0) is 19.1 Å². The summed E-state index contributed by atoms with van der Waals surface area (Å²) in [5.74, 6) is -0.124. The fourth-order valence-electron chi connectivity index (χ4n) is 2.86. The molecule has 190 valence electrons. The molecule has 13 heteroatoms. The van der Waals surface area contributed by atoms with E-state index in [1.54, 1.807) is 38.1 Å². The van der Waals surface area contributed by atoms with E-state index in [0.29, 0.717) is 17.1 Å². The van der Waals surface area contributed by atoms with Gasteiger partial charge in [0.1, 0.15) is 11.9 Å². The van der Waals surface area contributed by atoms with Gasteiger partial charge in [-0.1, -0.05) is 0 Å². The molecule has 0 aliphatic carbocycles. The standard InChI is InChI=1S/C22H29N5O6S2/c1-3-32-19(29)10-9-16(21(31)33-4-2)25-20(30)14-5-7-15(8-6-14)34-11-12-35-27-18(28)13-17(23)26-22(27)24/h5-8,13,16H,3-4,9-12,23H2,1-2H3,(H2,24,26)(H,25,30)/t16-/m0/s1. The number of thioether (sulfide) groups is 1. The molecule has 1 amide bonds. The number of benzene rings is 1. The summed E-state index contributed by atoms with van der Waals surface area (Å²) in [6, 6.07) is 7.11. The molecule has 1 heterocycles. The topological polar surface area (TPSA) is 169 Å². The number of rotatable bonds is 13. The van der Waals surface area contributed by atoms with Crippen LogP contribution in [0.15, 0.2) is 40.0 Å². The van der Waals surface area contributed by atoms with Crippen LogP contribution in [0.2, 0.25) is 0 Å². The first kappa shape index (κ1) is 28.1. The molecule has 0 saturated carbocycles. The van der Waals surface area contributed by atoms with Gasteiger partial charge in [0, 0.05) is 34.5 Å². The van der Waals surface area contributed by atoms with Crippen LogP contribution in [-0.4, -0.2) is 57.6 Å². The van der Waals surface area contributed by atoms with Gasteiger partial charge in [-0.25, -0.2) is 8.77 Å². The minimum atomic E-state index is -0.961. The largest absolute Gasteiger partial charge is 0.466 e. The third kappa shape index (κ3) is 9.17. The Morgan fingerprint density at radius 3 is 2.40 bits per heavy atom. The minimum Gasteiger partial charge on any atom is -0.466 e. The van der Waals surface area contributed by atoms with Crippen molar-refractivity contribution < 1.29 is 23.9 Å². The number of hydrogen-bond acceptors (Lipinski definition) is 11. The van der Waals surface area contributed by atoms with Gasteiger partial charge < -0.3 is 26.3 Å². The van der Waals surface area contributed by atoms with Crippen molar-refractivity contribution in [3.05, 3.63) is 46.2 Å². The monoisotopic (exact) mass is 523 g/mol. The molecule has 11 nitrogen and oxygen atoms in total. The second-order valence-electron chi connectivity index (χ2n) is 7.00. The Labute approximate surface area is 211 Å². The highest BCUT2D eigenvalue weighted by Gasteiger charge is 2.24. The number of ether oxygens (including phenoxy) is 2. The third-order valence-electron chi connectivity index (χ3n) is 4.43. The van der Waals surface area contributed by atoms with Crippen LogP contribution in [0.4, 0.5) is 11.8 Å². The van der Waals surface area contributed by atoms with E-state index in [-0.39, 0.29) is 43.4 Å². The van der Waals surface area contributed by atoms with Gasteiger partial charge in [0.05, 0.1) is 13.2 Å². The third-order valence-corrected chi connectivity index (χ3v) is 6.72. The van der Waals surface area contributed by atoms with Crippen LogP contribution in [0.25, 0.3) is 0 Å². The summed E-state index contributed by atoms with van der Waals surface area (Å²) >= 11 is 2.77. The highest BCUT2D eigenvalue weighted by Crippen LogP contribution is 2.21. The van der Waals surface area contributed by atoms with Crippen molar-refractivity contribution in [2.45, 2.75) is 37.6 Å². The lowest BCUT2D eigenvalue weighted by molar-refractivity contribution is -0.146. The molecule has 1 aromatic heterocycles. The predicted octanol–water partition coefficient (Wildman–Crippen LogP) is 1.70. The number of amides is 1. The Morgan fingerprint density at radius 2 is 1.77 bits per heavy atom. The van der Waals surface area contributed by atoms with E-state index >= 15 is 0 Å². The summed E-state index contributed by atoms with van der Waals surface area (Å²) in [6.07, 6.45) is 0.0571. The Balaban J connectivity index is 1.89. The number of nitrogens with zero attached hydrogens (tertiary/aromatic N) is 2.